The first-order valence-electron chi connectivity index (χ1n) is 9.50. The standard InChI is InChI=1S/C22H27N3O2S/c1-5-25-21(18-9-7-6-8-10-18)23-24-22(25)28-14-19(26)13-27-20-16(3)12-11-15(2)17(20)4/h6-12,19,26H,5,13-14H2,1-4H3/t19-/m0/s1. The molecule has 0 amide bonds. The third kappa shape index (κ3) is 4.56. The van der Waals surface area contributed by atoms with E-state index in [-0.39, 0.29) is 6.61 Å². The van der Waals surface area contributed by atoms with Crippen molar-refractivity contribution < 1.29 is 9.84 Å². The Morgan fingerprint density at radius 3 is 2.46 bits per heavy atom. The minimum absolute atomic E-state index is 0.254. The van der Waals surface area contributed by atoms with E-state index in [2.05, 4.69) is 34.7 Å². The largest absolute Gasteiger partial charge is 0.490 e. The molecule has 0 aliphatic carbocycles. The number of ether oxygens (including phenoxy) is 1. The van der Waals surface area contributed by atoms with Crippen LogP contribution in [0, 0.1) is 20.8 Å². The molecule has 6 heteroatoms. The van der Waals surface area contributed by atoms with Crippen LogP contribution < -0.4 is 4.74 Å². The van der Waals surface area contributed by atoms with Gasteiger partial charge in [-0.25, -0.2) is 0 Å². The summed E-state index contributed by atoms with van der Waals surface area (Å²) in [6, 6.07) is 14.2. The van der Waals surface area contributed by atoms with Gasteiger partial charge in [0.1, 0.15) is 12.4 Å². The van der Waals surface area contributed by atoms with Gasteiger partial charge in [0.15, 0.2) is 11.0 Å². The van der Waals surface area contributed by atoms with Gasteiger partial charge in [-0.2, -0.15) is 0 Å². The summed E-state index contributed by atoms with van der Waals surface area (Å²) in [4.78, 5) is 0. The third-order valence-electron chi connectivity index (χ3n) is 4.76. The van der Waals surface area contributed by atoms with Crippen LogP contribution in [0.2, 0.25) is 0 Å². The zero-order valence-electron chi connectivity index (χ0n) is 16.8. The highest BCUT2D eigenvalue weighted by molar-refractivity contribution is 7.99. The van der Waals surface area contributed by atoms with Gasteiger partial charge in [-0.15, -0.1) is 10.2 Å². The fourth-order valence-electron chi connectivity index (χ4n) is 3.03. The Morgan fingerprint density at radius 1 is 1.04 bits per heavy atom. The molecule has 3 rings (SSSR count). The van der Waals surface area contributed by atoms with Crippen LogP contribution in [0.4, 0.5) is 0 Å². The normalized spacial score (nSPS) is 12.2. The van der Waals surface area contributed by atoms with E-state index in [9.17, 15) is 5.11 Å². The Hall–Kier alpha value is -2.31. The molecule has 1 atom stereocenters. The van der Waals surface area contributed by atoms with Gasteiger partial charge < -0.3 is 14.4 Å². The van der Waals surface area contributed by atoms with E-state index in [1.54, 1.807) is 0 Å². The van der Waals surface area contributed by atoms with Crippen LogP contribution in [-0.2, 0) is 6.54 Å². The molecule has 5 nitrogen and oxygen atoms in total. The summed E-state index contributed by atoms with van der Waals surface area (Å²) < 4.78 is 8.00. The second kappa shape index (κ2) is 9.26. The number of aryl methyl sites for hydroxylation is 2. The average molecular weight is 398 g/mol. The first-order valence-corrected chi connectivity index (χ1v) is 10.5. The number of nitrogens with zero attached hydrogens (tertiary/aromatic N) is 3. The first-order chi connectivity index (χ1) is 13.5. The van der Waals surface area contributed by atoms with Crippen molar-refractivity contribution >= 4 is 11.8 Å². The Bertz CT molecular complexity index is 925. The molecule has 0 aliphatic rings. The van der Waals surface area contributed by atoms with Crippen molar-refractivity contribution in [3.63, 3.8) is 0 Å². The molecule has 1 heterocycles. The van der Waals surface area contributed by atoms with Crippen molar-refractivity contribution in [2.45, 2.75) is 45.5 Å². The van der Waals surface area contributed by atoms with Crippen LogP contribution in [0.5, 0.6) is 5.75 Å². The molecular weight excluding hydrogens is 370 g/mol. The fraction of sp³-hybridized carbons (Fsp3) is 0.364. The smallest absolute Gasteiger partial charge is 0.191 e. The molecular formula is C22H27N3O2S. The highest BCUT2D eigenvalue weighted by atomic mass is 32.2. The Balaban J connectivity index is 1.62. The molecule has 0 unspecified atom stereocenters. The number of aliphatic hydroxyl groups excluding tert-OH is 1. The van der Waals surface area contributed by atoms with Crippen molar-refractivity contribution in [1.82, 2.24) is 14.8 Å². The lowest BCUT2D eigenvalue weighted by molar-refractivity contribution is 0.125. The number of hydrogen-bond acceptors (Lipinski definition) is 5. The van der Waals surface area contributed by atoms with Gasteiger partial charge in [0, 0.05) is 17.9 Å². The molecule has 0 saturated carbocycles. The summed E-state index contributed by atoms with van der Waals surface area (Å²) in [6.45, 7) is 9.24. The molecule has 1 N–H and O–H groups in total. The van der Waals surface area contributed by atoms with Gasteiger partial charge in [-0.3, -0.25) is 0 Å². The van der Waals surface area contributed by atoms with Gasteiger partial charge in [-0.1, -0.05) is 54.2 Å². The van der Waals surface area contributed by atoms with Crippen molar-refractivity contribution in [3.8, 4) is 17.1 Å². The van der Waals surface area contributed by atoms with E-state index >= 15 is 0 Å². The summed E-state index contributed by atoms with van der Waals surface area (Å²) in [5.41, 5.74) is 4.44. The van der Waals surface area contributed by atoms with Crippen LogP contribution >= 0.6 is 11.8 Å². The molecule has 0 saturated heterocycles. The lowest BCUT2D eigenvalue weighted by Crippen LogP contribution is -2.21. The van der Waals surface area contributed by atoms with Crippen molar-refractivity contribution in [1.29, 1.82) is 0 Å². The Morgan fingerprint density at radius 2 is 1.75 bits per heavy atom. The van der Waals surface area contributed by atoms with Gasteiger partial charge in [-0.05, 0) is 44.4 Å². The monoisotopic (exact) mass is 397 g/mol. The molecule has 0 aliphatic heterocycles. The summed E-state index contributed by atoms with van der Waals surface area (Å²) >= 11 is 1.50. The number of thioether (sulfide) groups is 1. The van der Waals surface area contributed by atoms with E-state index in [4.69, 9.17) is 4.74 Å². The highest BCUT2D eigenvalue weighted by Crippen LogP contribution is 2.27. The zero-order valence-corrected chi connectivity index (χ0v) is 17.7. The third-order valence-corrected chi connectivity index (χ3v) is 5.88. The summed E-state index contributed by atoms with van der Waals surface area (Å²) in [5.74, 6) is 2.21. The average Bonchev–Trinajstić information content (AvgIpc) is 3.13. The predicted octanol–water partition coefficient (Wildman–Crippen LogP) is 4.42. The summed E-state index contributed by atoms with van der Waals surface area (Å²) in [7, 11) is 0. The molecule has 2 aromatic carbocycles. The van der Waals surface area contributed by atoms with Gasteiger partial charge >= 0.3 is 0 Å². The molecule has 3 aromatic rings. The van der Waals surface area contributed by atoms with E-state index in [1.165, 1.54) is 17.3 Å². The SMILES string of the molecule is CCn1c(SC[C@@H](O)COc2c(C)ccc(C)c2C)nnc1-c1ccccc1. The van der Waals surface area contributed by atoms with Crippen LogP contribution in [0.25, 0.3) is 11.4 Å². The summed E-state index contributed by atoms with van der Waals surface area (Å²) in [5, 5.41) is 19.9. The van der Waals surface area contributed by atoms with Crippen molar-refractivity contribution in [2.24, 2.45) is 0 Å². The highest BCUT2D eigenvalue weighted by Gasteiger charge is 2.16. The van der Waals surface area contributed by atoms with Crippen LogP contribution in [0.1, 0.15) is 23.6 Å². The molecule has 0 radical (unpaired) electrons. The zero-order chi connectivity index (χ0) is 20.1. The Labute approximate surface area is 170 Å². The first kappa shape index (κ1) is 20.4. The molecule has 0 bridgehead atoms. The fourth-order valence-corrected chi connectivity index (χ4v) is 3.93. The maximum absolute atomic E-state index is 10.4. The minimum atomic E-state index is -0.591. The number of hydrogen-bond donors (Lipinski definition) is 1. The number of benzene rings is 2. The molecule has 0 fully saturated rings. The second-order valence-electron chi connectivity index (χ2n) is 6.85. The van der Waals surface area contributed by atoms with Crippen LogP contribution in [0.3, 0.4) is 0 Å². The molecule has 28 heavy (non-hydrogen) atoms. The number of aliphatic hydroxyl groups is 1. The van der Waals surface area contributed by atoms with Crippen molar-refractivity contribution in [2.75, 3.05) is 12.4 Å². The van der Waals surface area contributed by atoms with E-state index in [0.717, 1.165) is 40.0 Å². The maximum atomic E-state index is 10.4. The van der Waals surface area contributed by atoms with Gasteiger partial charge in [0.25, 0.3) is 0 Å². The Kier molecular flexibility index (Phi) is 6.75. The van der Waals surface area contributed by atoms with E-state index < -0.39 is 6.10 Å². The minimum Gasteiger partial charge on any atom is -0.490 e. The predicted molar refractivity (Wildman–Crippen MR) is 114 cm³/mol. The quantitative estimate of drug-likeness (QED) is 0.570. The lowest BCUT2D eigenvalue weighted by Gasteiger charge is -2.16. The topological polar surface area (TPSA) is 60.2 Å². The van der Waals surface area contributed by atoms with Crippen LogP contribution in [-0.4, -0.2) is 38.3 Å². The van der Waals surface area contributed by atoms with Gasteiger partial charge in [0.2, 0.25) is 0 Å². The van der Waals surface area contributed by atoms with E-state index in [0.29, 0.717) is 5.75 Å². The van der Waals surface area contributed by atoms with Gasteiger partial charge in [0.05, 0.1) is 6.10 Å². The van der Waals surface area contributed by atoms with E-state index in [1.807, 2.05) is 50.2 Å². The maximum Gasteiger partial charge on any atom is 0.191 e. The van der Waals surface area contributed by atoms with Crippen molar-refractivity contribution in [3.05, 3.63) is 59.2 Å². The molecule has 0 spiro atoms. The number of rotatable bonds is 8. The molecule has 1 aromatic heterocycles. The lowest BCUT2D eigenvalue weighted by atomic mass is 10.1. The second-order valence-corrected chi connectivity index (χ2v) is 7.83. The molecule has 148 valence electrons. The number of aromatic nitrogens is 3. The van der Waals surface area contributed by atoms with Crippen LogP contribution in [0.15, 0.2) is 47.6 Å². The summed E-state index contributed by atoms with van der Waals surface area (Å²) in [6.07, 6.45) is -0.591.